The molecule has 0 bridgehead atoms. The van der Waals surface area contributed by atoms with E-state index in [2.05, 4.69) is 0 Å². The molecule has 0 spiro atoms. The molecule has 2 fully saturated rings. The minimum Gasteiger partial charge on any atom is -0.457 e. The lowest BCUT2D eigenvalue weighted by molar-refractivity contribution is -0.159. The number of carbonyl (C=O) groups is 4. The Labute approximate surface area is 156 Å². The van der Waals surface area contributed by atoms with Gasteiger partial charge in [0.2, 0.25) is 5.83 Å². The van der Waals surface area contributed by atoms with Crippen molar-refractivity contribution in [2.45, 2.75) is 53.1 Å². The molecule has 146 valence electrons. The van der Waals surface area contributed by atoms with Crippen LogP contribution >= 0.6 is 0 Å². The van der Waals surface area contributed by atoms with Crippen molar-refractivity contribution in [3.63, 3.8) is 0 Å². The summed E-state index contributed by atoms with van der Waals surface area (Å²) in [6, 6.07) is 0. The number of ether oxygens (including phenoxy) is 2. The maximum absolute atomic E-state index is 14.2. The Bertz CT molecular complexity index is 783. The van der Waals surface area contributed by atoms with Gasteiger partial charge in [-0.3, -0.25) is 14.4 Å². The van der Waals surface area contributed by atoms with Gasteiger partial charge in [-0.05, 0) is 44.6 Å². The summed E-state index contributed by atoms with van der Waals surface area (Å²) >= 11 is 0. The molecular formula is C19H22FNO6. The summed E-state index contributed by atoms with van der Waals surface area (Å²) in [5.41, 5.74) is -1.36. The summed E-state index contributed by atoms with van der Waals surface area (Å²) in [4.78, 5) is 49.2. The molecule has 7 nitrogen and oxygen atoms in total. The summed E-state index contributed by atoms with van der Waals surface area (Å²) in [5, 5.41) is 0. The van der Waals surface area contributed by atoms with E-state index in [1.54, 1.807) is 13.8 Å². The second kappa shape index (κ2) is 6.28. The lowest BCUT2D eigenvalue weighted by Gasteiger charge is -2.19. The fourth-order valence-electron chi connectivity index (χ4n) is 3.16. The highest BCUT2D eigenvalue weighted by Gasteiger charge is 2.67. The number of esters is 2. The smallest absolute Gasteiger partial charge is 0.367 e. The molecule has 0 radical (unpaired) electrons. The molecule has 2 amide bonds. The van der Waals surface area contributed by atoms with Gasteiger partial charge in [-0.1, -0.05) is 13.8 Å². The highest BCUT2D eigenvalue weighted by molar-refractivity contribution is 6.18. The van der Waals surface area contributed by atoms with Crippen molar-refractivity contribution in [2.75, 3.05) is 6.73 Å². The molecular weight excluding hydrogens is 357 g/mol. The SMILES string of the molecule is CC1=C(C)C(=O)N(COC(=O)[C@@]2(C=C(F)C(=O)OC3CC3)CC2(C)C)C1=O. The molecule has 1 heterocycles. The van der Waals surface area contributed by atoms with Crippen molar-refractivity contribution in [1.82, 2.24) is 4.90 Å². The molecule has 0 unspecified atom stereocenters. The van der Waals surface area contributed by atoms with Crippen LogP contribution in [-0.4, -0.2) is 41.5 Å². The average molecular weight is 379 g/mol. The zero-order valence-electron chi connectivity index (χ0n) is 15.8. The van der Waals surface area contributed by atoms with Crippen LogP contribution in [0.15, 0.2) is 23.0 Å². The topological polar surface area (TPSA) is 90.0 Å². The molecule has 0 aromatic heterocycles. The van der Waals surface area contributed by atoms with E-state index in [0.29, 0.717) is 24.0 Å². The first-order valence-corrected chi connectivity index (χ1v) is 8.80. The molecule has 0 aromatic rings. The Morgan fingerprint density at radius 2 is 1.70 bits per heavy atom. The number of imide groups is 1. The zero-order chi connectivity index (χ0) is 20.1. The zero-order valence-corrected chi connectivity index (χ0v) is 15.8. The van der Waals surface area contributed by atoms with E-state index in [1.165, 1.54) is 13.8 Å². The Kier molecular flexibility index (Phi) is 4.48. The highest BCUT2D eigenvalue weighted by atomic mass is 19.1. The van der Waals surface area contributed by atoms with E-state index in [9.17, 15) is 23.6 Å². The third-order valence-corrected chi connectivity index (χ3v) is 5.55. The number of hydrogen-bond donors (Lipinski definition) is 0. The predicted molar refractivity (Wildman–Crippen MR) is 90.3 cm³/mol. The Morgan fingerprint density at radius 3 is 2.15 bits per heavy atom. The first-order valence-electron chi connectivity index (χ1n) is 8.80. The van der Waals surface area contributed by atoms with Crippen molar-refractivity contribution in [3.8, 4) is 0 Å². The summed E-state index contributed by atoms with van der Waals surface area (Å²) in [5.74, 6) is -4.06. The molecule has 8 heteroatoms. The highest BCUT2D eigenvalue weighted by Crippen LogP contribution is 2.65. The third kappa shape index (κ3) is 3.28. The number of amides is 2. The number of carbonyl (C=O) groups excluding carboxylic acids is 4. The van der Waals surface area contributed by atoms with Gasteiger partial charge in [-0.25, -0.2) is 9.69 Å². The minimum atomic E-state index is -1.33. The maximum atomic E-state index is 14.2. The molecule has 2 saturated carbocycles. The van der Waals surface area contributed by atoms with Crippen molar-refractivity contribution in [3.05, 3.63) is 23.0 Å². The molecule has 3 aliphatic rings. The average Bonchev–Trinajstić information content (AvgIpc) is 3.49. The Hall–Kier alpha value is -2.51. The lowest BCUT2D eigenvalue weighted by atomic mass is 9.95. The summed E-state index contributed by atoms with van der Waals surface area (Å²) < 4.78 is 24.3. The van der Waals surface area contributed by atoms with E-state index in [4.69, 9.17) is 9.47 Å². The second-order valence-electron chi connectivity index (χ2n) is 7.98. The molecule has 0 aromatic carbocycles. The van der Waals surface area contributed by atoms with Crippen LogP contribution in [0.2, 0.25) is 0 Å². The predicted octanol–water partition coefficient (Wildman–Crippen LogP) is 2.17. The summed E-state index contributed by atoms with van der Waals surface area (Å²) in [7, 11) is 0. The Morgan fingerprint density at radius 1 is 1.19 bits per heavy atom. The normalized spacial score (nSPS) is 27.1. The van der Waals surface area contributed by atoms with E-state index in [1.807, 2.05) is 0 Å². The quantitative estimate of drug-likeness (QED) is 0.399. The van der Waals surface area contributed by atoms with Gasteiger partial charge < -0.3 is 9.47 Å². The monoisotopic (exact) mass is 379 g/mol. The van der Waals surface area contributed by atoms with Gasteiger partial charge in [-0.2, -0.15) is 4.39 Å². The van der Waals surface area contributed by atoms with Gasteiger partial charge in [0.05, 0.1) is 5.41 Å². The first kappa shape index (κ1) is 19.3. The molecule has 1 aliphatic heterocycles. The van der Waals surface area contributed by atoms with Crippen LogP contribution in [0.1, 0.15) is 47.0 Å². The largest absolute Gasteiger partial charge is 0.457 e. The van der Waals surface area contributed by atoms with Gasteiger partial charge in [-0.15, -0.1) is 0 Å². The van der Waals surface area contributed by atoms with Gasteiger partial charge in [0.25, 0.3) is 11.8 Å². The Balaban J connectivity index is 1.69. The van der Waals surface area contributed by atoms with Crippen LogP contribution in [0.5, 0.6) is 0 Å². The molecule has 2 aliphatic carbocycles. The van der Waals surface area contributed by atoms with Crippen molar-refractivity contribution >= 4 is 23.8 Å². The maximum Gasteiger partial charge on any atom is 0.367 e. The minimum absolute atomic E-state index is 0.252. The van der Waals surface area contributed by atoms with Crippen LogP contribution in [-0.2, 0) is 28.7 Å². The second-order valence-corrected chi connectivity index (χ2v) is 7.98. The van der Waals surface area contributed by atoms with Gasteiger partial charge >= 0.3 is 11.9 Å². The molecule has 3 rings (SSSR count). The molecule has 0 N–H and O–H groups in total. The lowest BCUT2D eigenvalue weighted by Crippen LogP contribution is -2.36. The van der Waals surface area contributed by atoms with Crippen LogP contribution in [0, 0.1) is 10.8 Å². The van der Waals surface area contributed by atoms with Gasteiger partial charge in [0.1, 0.15) is 6.10 Å². The van der Waals surface area contributed by atoms with Crippen molar-refractivity contribution in [1.29, 1.82) is 0 Å². The van der Waals surface area contributed by atoms with Crippen LogP contribution in [0.3, 0.4) is 0 Å². The molecule has 27 heavy (non-hydrogen) atoms. The van der Waals surface area contributed by atoms with Crippen molar-refractivity contribution in [2.24, 2.45) is 10.8 Å². The molecule has 1 atom stereocenters. The summed E-state index contributed by atoms with van der Waals surface area (Å²) in [6.07, 6.45) is 2.40. The fraction of sp³-hybridized carbons (Fsp3) is 0.579. The van der Waals surface area contributed by atoms with E-state index >= 15 is 0 Å². The number of hydrogen-bond acceptors (Lipinski definition) is 6. The van der Waals surface area contributed by atoms with E-state index in [-0.39, 0.29) is 12.5 Å². The fourth-order valence-corrected chi connectivity index (χ4v) is 3.16. The number of rotatable bonds is 6. The van der Waals surface area contributed by atoms with E-state index in [0.717, 1.165) is 11.0 Å². The number of halogens is 1. The van der Waals surface area contributed by atoms with Crippen molar-refractivity contribution < 1.29 is 33.0 Å². The molecule has 0 saturated heterocycles. The number of nitrogens with zero attached hydrogens (tertiary/aromatic N) is 1. The third-order valence-electron chi connectivity index (χ3n) is 5.55. The summed E-state index contributed by atoms with van der Waals surface area (Å²) in [6.45, 7) is 5.97. The van der Waals surface area contributed by atoms with Gasteiger partial charge in [0.15, 0.2) is 6.73 Å². The van der Waals surface area contributed by atoms with Crippen LogP contribution < -0.4 is 0 Å². The van der Waals surface area contributed by atoms with Crippen LogP contribution in [0.25, 0.3) is 0 Å². The van der Waals surface area contributed by atoms with Crippen LogP contribution in [0.4, 0.5) is 4.39 Å². The van der Waals surface area contributed by atoms with E-state index < -0.39 is 47.1 Å². The first-order chi connectivity index (χ1) is 12.5. The van der Waals surface area contributed by atoms with Gasteiger partial charge in [0, 0.05) is 11.1 Å². The standard InChI is InChI=1S/C19H22FNO6/c1-10-11(2)15(23)21(14(10)22)9-26-17(25)19(8-18(19,3)4)7-13(20)16(24)27-12-5-6-12/h7,12H,5-6,8-9H2,1-4H3/t19-/m1/s1.